The molecule has 1 aliphatic heterocycles. The molecule has 3 aromatic rings. The number of H-pyrrole nitrogens is 1. The monoisotopic (exact) mass is 452 g/mol. The molecule has 0 atom stereocenters. The second-order valence-corrected chi connectivity index (χ2v) is 8.69. The molecule has 1 aliphatic rings. The quantitative estimate of drug-likeness (QED) is 0.459. The number of amides is 1. The molecule has 8 heteroatoms. The maximum atomic E-state index is 13.0. The standard InChI is InChI=1S/C24H25FN4O2S/c1-17-21(23(31)27-24(26-17)32-16-18-7-9-19(25)10-8-18)15-22(30)29-13-11-28(12-14-29)20-5-3-2-4-6-20/h2-10H,11-16H2,1H3,(H,26,27,31). The third-order valence-electron chi connectivity index (χ3n) is 5.57. The van der Waals surface area contributed by atoms with Crippen LogP contribution in [0, 0.1) is 12.7 Å². The number of para-hydroxylation sites is 1. The molecule has 6 nitrogen and oxygen atoms in total. The zero-order valence-corrected chi connectivity index (χ0v) is 18.7. The lowest BCUT2D eigenvalue weighted by atomic mass is 10.1. The van der Waals surface area contributed by atoms with Gasteiger partial charge in [-0.15, -0.1) is 0 Å². The van der Waals surface area contributed by atoms with Crippen molar-refractivity contribution >= 4 is 23.4 Å². The molecule has 1 aromatic heterocycles. The van der Waals surface area contributed by atoms with Crippen molar-refractivity contribution in [1.82, 2.24) is 14.9 Å². The smallest absolute Gasteiger partial charge is 0.255 e. The van der Waals surface area contributed by atoms with E-state index in [1.807, 2.05) is 23.1 Å². The first kappa shape index (κ1) is 22.1. The first-order valence-corrected chi connectivity index (χ1v) is 11.5. The number of anilines is 1. The minimum atomic E-state index is -0.282. The summed E-state index contributed by atoms with van der Waals surface area (Å²) in [7, 11) is 0. The van der Waals surface area contributed by atoms with Crippen LogP contribution in [0.2, 0.25) is 0 Å². The van der Waals surface area contributed by atoms with Crippen molar-refractivity contribution in [3.8, 4) is 0 Å². The van der Waals surface area contributed by atoms with E-state index in [0.717, 1.165) is 24.3 Å². The minimum absolute atomic E-state index is 0.0441. The van der Waals surface area contributed by atoms with Crippen LogP contribution >= 0.6 is 11.8 Å². The van der Waals surface area contributed by atoms with E-state index in [-0.39, 0.29) is 23.7 Å². The van der Waals surface area contributed by atoms with E-state index >= 15 is 0 Å². The molecule has 32 heavy (non-hydrogen) atoms. The molecule has 1 fully saturated rings. The van der Waals surface area contributed by atoms with Crippen LogP contribution in [-0.4, -0.2) is 47.0 Å². The number of carbonyl (C=O) groups excluding carboxylic acids is 1. The predicted molar refractivity (Wildman–Crippen MR) is 124 cm³/mol. The van der Waals surface area contributed by atoms with Gasteiger partial charge in [-0.05, 0) is 36.8 Å². The highest BCUT2D eigenvalue weighted by atomic mass is 32.2. The number of piperazine rings is 1. The Kier molecular flexibility index (Phi) is 6.90. The third-order valence-corrected chi connectivity index (χ3v) is 6.52. The van der Waals surface area contributed by atoms with Crippen molar-refractivity contribution in [2.24, 2.45) is 0 Å². The molecule has 2 heterocycles. The number of aromatic amines is 1. The largest absolute Gasteiger partial charge is 0.368 e. The maximum Gasteiger partial charge on any atom is 0.255 e. The number of hydrogen-bond acceptors (Lipinski definition) is 5. The fourth-order valence-corrected chi connectivity index (χ4v) is 4.57. The zero-order valence-electron chi connectivity index (χ0n) is 17.9. The summed E-state index contributed by atoms with van der Waals surface area (Å²) in [5.41, 5.74) is 2.78. The van der Waals surface area contributed by atoms with Gasteiger partial charge < -0.3 is 14.8 Å². The Balaban J connectivity index is 1.35. The molecule has 1 N–H and O–H groups in total. The number of nitrogens with one attached hydrogen (secondary N) is 1. The Morgan fingerprint density at radius 2 is 1.75 bits per heavy atom. The summed E-state index contributed by atoms with van der Waals surface area (Å²) in [5.74, 6) is 0.226. The third kappa shape index (κ3) is 5.37. The van der Waals surface area contributed by atoms with E-state index in [4.69, 9.17) is 0 Å². The number of aromatic nitrogens is 2. The van der Waals surface area contributed by atoms with Crippen molar-refractivity contribution < 1.29 is 9.18 Å². The van der Waals surface area contributed by atoms with E-state index < -0.39 is 0 Å². The first-order chi connectivity index (χ1) is 15.5. The molecule has 4 rings (SSSR count). The molecule has 1 amide bonds. The summed E-state index contributed by atoms with van der Waals surface area (Å²) in [6, 6.07) is 16.4. The van der Waals surface area contributed by atoms with Gasteiger partial charge in [0.15, 0.2) is 5.16 Å². The van der Waals surface area contributed by atoms with Gasteiger partial charge in [-0.3, -0.25) is 9.59 Å². The van der Waals surface area contributed by atoms with Gasteiger partial charge in [0.1, 0.15) is 5.82 Å². The number of rotatable bonds is 6. The SMILES string of the molecule is Cc1nc(SCc2ccc(F)cc2)[nH]c(=O)c1CC(=O)N1CCN(c2ccccc2)CC1. The average Bonchev–Trinajstić information content (AvgIpc) is 2.81. The molecular weight excluding hydrogens is 427 g/mol. The normalized spacial score (nSPS) is 13.9. The van der Waals surface area contributed by atoms with Crippen molar-refractivity contribution in [1.29, 1.82) is 0 Å². The van der Waals surface area contributed by atoms with Crippen molar-refractivity contribution in [2.45, 2.75) is 24.3 Å². The molecule has 0 radical (unpaired) electrons. The molecule has 0 bridgehead atoms. The van der Waals surface area contributed by atoms with Gasteiger partial charge in [0.25, 0.3) is 5.56 Å². The summed E-state index contributed by atoms with van der Waals surface area (Å²) < 4.78 is 13.0. The summed E-state index contributed by atoms with van der Waals surface area (Å²) >= 11 is 1.37. The number of benzene rings is 2. The zero-order chi connectivity index (χ0) is 22.5. The van der Waals surface area contributed by atoms with E-state index in [1.54, 1.807) is 19.1 Å². The van der Waals surface area contributed by atoms with Crippen molar-refractivity contribution in [3.63, 3.8) is 0 Å². The van der Waals surface area contributed by atoms with Gasteiger partial charge in [-0.2, -0.15) is 0 Å². The highest BCUT2D eigenvalue weighted by Gasteiger charge is 2.23. The number of nitrogens with zero attached hydrogens (tertiary/aromatic N) is 3. The van der Waals surface area contributed by atoms with Crippen LogP contribution in [0.3, 0.4) is 0 Å². The number of carbonyl (C=O) groups is 1. The average molecular weight is 453 g/mol. The molecule has 0 unspecified atom stereocenters. The van der Waals surface area contributed by atoms with Crippen LogP contribution in [0.15, 0.2) is 64.5 Å². The van der Waals surface area contributed by atoms with Gasteiger partial charge >= 0.3 is 0 Å². The predicted octanol–water partition coefficient (Wildman–Crippen LogP) is 3.40. The topological polar surface area (TPSA) is 69.3 Å². The molecule has 1 saturated heterocycles. The van der Waals surface area contributed by atoms with Crippen molar-refractivity contribution in [2.75, 3.05) is 31.1 Å². The molecule has 0 saturated carbocycles. The van der Waals surface area contributed by atoms with Crippen LogP contribution in [0.4, 0.5) is 10.1 Å². The Morgan fingerprint density at radius 3 is 2.41 bits per heavy atom. The molecule has 0 spiro atoms. The minimum Gasteiger partial charge on any atom is -0.368 e. The Morgan fingerprint density at radius 1 is 1.06 bits per heavy atom. The summed E-state index contributed by atoms with van der Waals surface area (Å²) in [6.45, 7) is 4.55. The Labute approximate surface area is 190 Å². The fourth-order valence-electron chi connectivity index (χ4n) is 3.71. The highest BCUT2D eigenvalue weighted by molar-refractivity contribution is 7.98. The fraction of sp³-hybridized carbons (Fsp3) is 0.292. The van der Waals surface area contributed by atoms with Crippen LogP contribution in [0.1, 0.15) is 16.8 Å². The van der Waals surface area contributed by atoms with E-state index in [0.29, 0.717) is 35.3 Å². The number of aryl methyl sites for hydroxylation is 1. The van der Waals surface area contributed by atoms with Gasteiger partial charge in [0.2, 0.25) is 5.91 Å². The summed E-state index contributed by atoms with van der Waals surface area (Å²) in [4.78, 5) is 36.8. The number of halogens is 1. The molecule has 2 aromatic carbocycles. The van der Waals surface area contributed by atoms with Gasteiger partial charge in [-0.1, -0.05) is 42.1 Å². The maximum absolute atomic E-state index is 13.0. The van der Waals surface area contributed by atoms with Crippen LogP contribution in [-0.2, 0) is 17.0 Å². The van der Waals surface area contributed by atoms with Gasteiger partial charge in [-0.25, -0.2) is 9.37 Å². The van der Waals surface area contributed by atoms with Crippen molar-refractivity contribution in [3.05, 3.63) is 87.6 Å². The Bertz CT molecular complexity index is 1130. The second-order valence-electron chi connectivity index (χ2n) is 7.73. The molecule has 0 aliphatic carbocycles. The van der Waals surface area contributed by atoms with Gasteiger partial charge in [0.05, 0.1) is 6.42 Å². The van der Waals surface area contributed by atoms with E-state index in [9.17, 15) is 14.0 Å². The van der Waals surface area contributed by atoms with Crippen LogP contribution < -0.4 is 10.5 Å². The van der Waals surface area contributed by atoms with Crippen LogP contribution in [0.5, 0.6) is 0 Å². The van der Waals surface area contributed by atoms with Gasteiger partial charge in [0, 0.05) is 48.9 Å². The lowest BCUT2D eigenvalue weighted by Gasteiger charge is -2.36. The summed E-state index contributed by atoms with van der Waals surface area (Å²) in [5, 5.41) is 0.490. The van der Waals surface area contributed by atoms with E-state index in [2.05, 4.69) is 27.0 Å². The van der Waals surface area contributed by atoms with Crippen LogP contribution in [0.25, 0.3) is 0 Å². The lowest BCUT2D eigenvalue weighted by Crippen LogP contribution is -2.49. The molecule has 166 valence electrons. The molecular formula is C24H25FN4O2S. The Hall–Kier alpha value is -3.13. The lowest BCUT2D eigenvalue weighted by molar-refractivity contribution is -0.130. The second kappa shape index (κ2) is 9.99. The summed E-state index contributed by atoms with van der Waals surface area (Å²) in [6.07, 6.45) is 0.0441. The number of hydrogen-bond donors (Lipinski definition) is 1. The highest BCUT2D eigenvalue weighted by Crippen LogP contribution is 2.20. The number of thioether (sulfide) groups is 1. The van der Waals surface area contributed by atoms with E-state index in [1.165, 1.54) is 23.9 Å². The first-order valence-electron chi connectivity index (χ1n) is 10.5.